The summed E-state index contributed by atoms with van der Waals surface area (Å²) in [6.45, 7) is 5.33. The summed E-state index contributed by atoms with van der Waals surface area (Å²) < 4.78 is 0. The van der Waals surface area contributed by atoms with Crippen molar-refractivity contribution in [2.75, 3.05) is 6.54 Å². The monoisotopic (exact) mass is 335 g/mol. The molecule has 1 aromatic rings. The molecule has 3 rings (SSSR count). The predicted octanol–water partition coefficient (Wildman–Crippen LogP) is 1.75. The van der Waals surface area contributed by atoms with Gasteiger partial charge in [0.2, 0.25) is 5.91 Å². The molecule has 124 valence electrons. The Bertz CT molecular complexity index is 676. The first-order chi connectivity index (χ1) is 10.7. The fourth-order valence-electron chi connectivity index (χ4n) is 3.29. The van der Waals surface area contributed by atoms with Gasteiger partial charge in [-0.1, -0.05) is 0 Å². The summed E-state index contributed by atoms with van der Waals surface area (Å²) in [6, 6.07) is 1.42. The van der Waals surface area contributed by atoms with Crippen molar-refractivity contribution in [3.63, 3.8) is 0 Å². The van der Waals surface area contributed by atoms with Crippen molar-refractivity contribution in [2.45, 2.75) is 51.1 Å². The molecule has 7 heteroatoms. The van der Waals surface area contributed by atoms with E-state index >= 15 is 0 Å². The van der Waals surface area contributed by atoms with Gasteiger partial charge in [-0.2, -0.15) is 0 Å². The first-order valence-corrected chi connectivity index (χ1v) is 8.63. The maximum atomic E-state index is 12.9. The molecule has 1 aliphatic heterocycles. The third-order valence-corrected chi connectivity index (χ3v) is 5.13. The lowest BCUT2D eigenvalue weighted by atomic mass is 9.80. The highest BCUT2D eigenvalue weighted by atomic mass is 32.1. The number of thiophene rings is 1. The van der Waals surface area contributed by atoms with E-state index in [1.54, 1.807) is 11.3 Å². The summed E-state index contributed by atoms with van der Waals surface area (Å²) in [5, 5.41) is 7.58. The van der Waals surface area contributed by atoms with E-state index in [9.17, 15) is 14.4 Å². The smallest absolute Gasteiger partial charge is 0.325 e. The molecule has 1 saturated heterocycles. The number of nitrogens with one attached hydrogen (secondary N) is 2. The fourth-order valence-corrected chi connectivity index (χ4v) is 4.29. The van der Waals surface area contributed by atoms with Crippen molar-refractivity contribution in [1.29, 1.82) is 0 Å². The summed E-state index contributed by atoms with van der Waals surface area (Å²) in [5.41, 5.74) is -0.489. The van der Waals surface area contributed by atoms with Gasteiger partial charge in [0.25, 0.3) is 5.91 Å². The Morgan fingerprint density at radius 1 is 1.43 bits per heavy atom. The predicted molar refractivity (Wildman–Crippen MR) is 87.1 cm³/mol. The highest BCUT2D eigenvalue weighted by molar-refractivity contribution is 7.10. The minimum absolute atomic E-state index is 0.247. The van der Waals surface area contributed by atoms with E-state index in [0.717, 1.165) is 28.2 Å². The summed E-state index contributed by atoms with van der Waals surface area (Å²) in [7, 11) is 0. The second kappa shape index (κ2) is 5.33. The SMILES string of the molecule is CC(C)(C)NC(=O)CN1C(=O)N[C@@]2(CCCc3sccc32)C1=O. The molecule has 2 aliphatic rings. The van der Waals surface area contributed by atoms with Crippen LogP contribution in [-0.4, -0.2) is 34.8 Å². The number of nitrogens with zero attached hydrogens (tertiary/aromatic N) is 1. The van der Waals surface area contributed by atoms with E-state index in [1.165, 1.54) is 0 Å². The summed E-state index contributed by atoms with van der Waals surface area (Å²) in [6.07, 6.45) is 2.36. The minimum Gasteiger partial charge on any atom is -0.350 e. The van der Waals surface area contributed by atoms with E-state index < -0.39 is 17.1 Å². The molecule has 2 heterocycles. The number of fused-ring (bicyclic) bond motifs is 2. The molecule has 1 spiro atoms. The highest BCUT2D eigenvalue weighted by Crippen LogP contribution is 2.41. The lowest BCUT2D eigenvalue weighted by Crippen LogP contribution is -2.49. The Labute approximate surface area is 139 Å². The standard InChI is InChI=1S/C16H21N3O3S/c1-15(2,3)17-12(20)9-19-13(21)16(18-14(19)22)7-4-5-11-10(16)6-8-23-11/h6,8H,4-5,7,9H2,1-3H3,(H,17,20)(H,18,22)/t16-/m1/s1. The van der Waals surface area contributed by atoms with Crippen molar-refractivity contribution in [3.05, 3.63) is 21.9 Å². The van der Waals surface area contributed by atoms with Crippen molar-refractivity contribution in [1.82, 2.24) is 15.5 Å². The molecule has 1 atom stereocenters. The van der Waals surface area contributed by atoms with Gasteiger partial charge in [-0.15, -0.1) is 11.3 Å². The largest absolute Gasteiger partial charge is 0.350 e. The molecule has 4 amide bonds. The van der Waals surface area contributed by atoms with Gasteiger partial charge in [-0.25, -0.2) is 4.79 Å². The number of carbonyl (C=O) groups excluding carboxylic acids is 3. The molecular formula is C16H21N3O3S. The molecule has 1 aliphatic carbocycles. The number of amides is 4. The molecule has 6 nitrogen and oxygen atoms in total. The zero-order valence-corrected chi connectivity index (χ0v) is 14.4. The Balaban J connectivity index is 1.83. The third kappa shape index (κ3) is 2.73. The molecule has 23 heavy (non-hydrogen) atoms. The van der Waals surface area contributed by atoms with Crippen LogP contribution in [0.5, 0.6) is 0 Å². The molecule has 0 bridgehead atoms. The van der Waals surface area contributed by atoms with Gasteiger partial charge < -0.3 is 10.6 Å². The van der Waals surface area contributed by atoms with Gasteiger partial charge in [0, 0.05) is 16.0 Å². The number of imide groups is 1. The average Bonchev–Trinajstić information content (AvgIpc) is 2.98. The second-order valence-electron chi connectivity index (χ2n) is 7.14. The Morgan fingerprint density at radius 2 is 2.17 bits per heavy atom. The fraction of sp³-hybridized carbons (Fsp3) is 0.562. The summed E-state index contributed by atoms with van der Waals surface area (Å²) >= 11 is 1.61. The number of hydrogen-bond acceptors (Lipinski definition) is 4. The van der Waals surface area contributed by atoms with Crippen molar-refractivity contribution < 1.29 is 14.4 Å². The van der Waals surface area contributed by atoms with Crippen LogP contribution in [0.25, 0.3) is 0 Å². The van der Waals surface area contributed by atoms with Gasteiger partial charge in [0.15, 0.2) is 0 Å². The first kappa shape index (κ1) is 16.0. The summed E-state index contributed by atoms with van der Waals surface area (Å²) in [4.78, 5) is 39.5. The zero-order valence-electron chi connectivity index (χ0n) is 13.6. The summed E-state index contributed by atoms with van der Waals surface area (Å²) in [5.74, 6) is -0.648. The van der Waals surface area contributed by atoms with E-state index in [1.807, 2.05) is 32.2 Å². The van der Waals surface area contributed by atoms with Crippen molar-refractivity contribution >= 4 is 29.2 Å². The van der Waals surface area contributed by atoms with E-state index in [-0.39, 0.29) is 18.4 Å². The maximum absolute atomic E-state index is 12.9. The van der Waals surface area contributed by atoms with Gasteiger partial charge in [0.05, 0.1) is 0 Å². The van der Waals surface area contributed by atoms with Crippen LogP contribution in [0.4, 0.5) is 4.79 Å². The van der Waals surface area contributed by atoms with E-state index in [2.05, 4.69) is 10.6 Å². The normalized spacial score (nSPS) is 23.9. The van der Waals surface area contributed by atoms with Gasteiger partial charge in [-0.05, 0) is 51.5 Å². The van der Waals surface area contributed by atoms with Crippen LogP contribution < -0.4 is 10.6 Å². The number of rotatable bonds is 2. The lowest BCUT2D eigenvalue weighted by Gasteiger charge is -2.31. The lowest BCUT2D eigenvalue weighted by molar-refractivity contribution is -0.136. The van der Waals surface area contributed by atoms with Crippen LogP contribution in [0.1, 0.15) is 44.1 Å². The van der Waals surface area contributed by atoms with Gasteiger partial charge in [0.1, 0.15) is 12.1 Å². The third-order valence-electron chi connectivity index (χ3n) is 4.15. The van der Waals surface area contributed by atoms with E-state index in [4.69, 9.17) is 0 Å². The molecule has 0 saturated carbocycles. The van der Waals surface area contributed by atoms with Crippen molar-refractivity contribution in [3.8, 4) is 0 Å². The van der Waals surface area contributed by atoms with Crippen LogP contribution in [-0.2, 0) is 21.5 Å². The molecule has 0 aromatic carbocycles. The Morgan fingerprint density at radius 3 is 2.87 bits per heavy atom. The molecule has 2 N–H and O–H groups in total. The van der Waals surface area contributed by atoms with Gasteiger partial charge in [-0.3, -0.25) is 14.5 Å². The minimum atomic E-state index is -0.979. The zero-order chi connectivity index (χ0) is 16.8. The number of urea groups is 1. The quantitative estimate of drug-likeness (QED) is 0.808. The number of hydrogen-bond donors (Lipinski definition) is 2. The molecule has 1 aromatic heterocycles. The molecule has 0 radical (unpaired) electrons. The Hall–Kier alpha value is -1.89. The molecule has 0 unspecified atom stereocenters. The van der Waals surface area contributed by atoms with Crippen LogP contribution in [0, 0.1) is 0 Å². The average molecular weight is 335 g/mol. The van der Waals surface area contributed by atoms with Crippen LogP contribution in [0.2, 0.25) is 0 Å². The topological polar surface area (TPSA) is 78.5 Å². The molecule has 1 fully saturated rings. The first-order valence-electron chi connectivity index (χ1n) is 7.75. The van der Waals surface area contributed by atoms with Gasteiger partial charge >= 0.3 is 6.03 Å². The second-order valence-corrected chi connectivity index (χ2v) is 8.14. The van der Waals surface area contributed by atoms with Crippen LogP contribution >= 0.6 is 11.3 Å². The van der Waals surface area contributed by atoms with Crippen LogP contribution in [0.15, 0.2) is 11.4 Å². The Kier molecular flexibility index (Phi) is 3.71. The number of aryl methyl sites for hydroxylation is 1. The molecular weight excluding hydrogens is 314 g/mol. The number of carbonyl (C=O) groups is 3. The van der Waals surface area contributed by atoms with E-state index in [0.29, 0.717) is 6.42 Å². The maximum Gasteiger partial charge on any atom is 0.325 e. The van der Waals surface area contributed by atoms with Crippen molar-refractivity contribution in [2.24, 2.45) is 0 Å². The highest BCUT2D eigenvalue weighted by Gasteiger charge is 2.54. The van der Waals surface area contributed by atoms with Crippen LogP contribution in [0.3, 0.4) is 0 Å².